The van der Waals surface area contributed by atoms with Gasteiger partial charge in [0.2, 0.25) is 5.43 Å². The van der Waals surface area contributed by atoms with Crippen LogP contribution in [0.4, 0.5) is 10.1 Å². The van der Waals surface area contributed by atoms with Gasteiger partial charge in [0, 0.05) is 50.3 Å². The number of rotatable bonds is 8. The molecule has 10 nitrogen and oxygen atoms in total. The van der Waals surface area contributed by atoms with Crippen LogP contribution in [-0.2, 0) is 4.79 Å². The zero-order valence-electron chi connectivity index (χ0n) is 24.6. The molecular weight excluding hydrogens is 604 g/mol. The number of carboxylic acids is 1. The Morgan fingerprint density at radius 3 is 2.51 bits per heavy atom. The molecule has 3 N–H and O–H groups in total. The molecule has 2 atom stereocenters. The predicted molar refractivity (Wildman–Crippen MR) is 164 cm³/mol. The van der Waals surface area contributed by atoms with Crippen molar-refractivity contribution in [2.45, 2.75) is 30.3 Å². The number of amides is 1. The second-order valence-electron chi connectivity index (χ2n) is 10.6. The molecule has 1 aromatic heterocycles. The number of para-hydroxylation sites is 1. The minimum Gasteiger partial charge on any atom is -1.00 e. The van der Waals surface area contributed by atoms with Gasteiger partial charge in [-0.3, -0.25) is 9.59 Å². The molecule has 3 aromatic rings. The normalized spacial score (nSPS) is 19.7. The number of thioether (sulfide) groups is 1. The molecule has 222 valence electrons. The van der Waals surface area contributed by atoms with Crippen molar-refractivity contribution in [3.05, 3.63) is 70.3 Å². The molecule has 3 aliphatic rings. The van der Waals surface area contributed by atoms with Crippen LogP contribution in [0.3, 0.4) is 0 Å². The Hall–Kier alpha value is -2.68. The quantitative estimate of drug-likeness (QED) is 0.230. The molecule has 3 fully saturated rings. The third-order valence-electron chi connectivity index (χ3n) is 7.74. The summed E-state index contributed by atoms with van der Waals surface area (Å²) >= 11 is 7.20. The van der Waals surface area contributed by atoms with Crippen LogP contribution in [0.2, 0.25) is 0 Å². The van der Waals surface area contributed by atoms with E-state index in [2.05, 4.69) is 15.5 Å². The van der Waals surface area contributed by atoms with Crippen molar-refractivity contribution >= 4 is 56.8 Å². The van der Waals surface area contributed by atoms with E-state index in [0.717, 1.165) is 12.8 Å². The van der Waals surface area contributed by atoms with Crippen LogP contribution in [-0.4, -0.2) is 81.5 Å². The maximum atomic E-state index is 15.3. The van der Waals surface area contributed by atoms with Gasteiger partial charge in [0.15, 0.2) is 6.61 Å². The molecule has 0 unspecified atom stereocenters. The number of carbonyl (C=O) groups is 2. The minimum absolute atomic E-state index is 0. The third-order valence-corrected chi connectivity index (χ3v) is 9.50. The van der Waals surface area contributed by atoms with E-state index in [4.69, 9.17) is 17.0 Å². The average molecular weight is 636 g/mol. The molecule has 43 heavy (non-hydrogen) atoms. The zero-order chi connectivity index (χ0) is 29.4. The topological polar surface area (TPSA) is 116 Å². The Morgan fingerprint density at radius 1 is 1.16 bits per heavy atom. The van der Waals surface area contributed by atoms with Crippen molar-refractivity contribution in [2.75, 3.05) is 44.2 Å². The zero-order valence-corrected chi connectivity index (χ0v) is 27.3. The number of pyridine rings is 1. The summed E-state index contributed by atoms with van der Waals surface area (Å²) in [6.07, 6.45) is 3.17. The fourth-order valence-corrected chi connectivity index (χ4v) is 6.77. The van der Waals surface area contributed by atoms with Crippen molar-refractivity contribution < 1.29 is 54.8 Å². The van der Waals surface area contributed by atoms with Crippen molar-refractivity contribution in [2.24, 2.45) is 0 Å². The van der Waals surface area contributed by atoms with Crippen molar-refractivity contribution in [3.63, 3.8) is 0 Å². The van der Waals surface area contributed by atoms with Crippen LogP contribution in [0.5, 0.6) is 5.75 Å². The number of hydrogen-bond acceptors (Lipinski definition) is 8. The van der Waals surface area contributed by atoms with Gasteiger partial charge in [-0.15, -0.1) is 0 Å². The second kappa shape index (κ2) is 13.5. The number of aromatic carboxylic acids is 1. The first-order valence-electron chi connectivity index (χ1n) is 13.8. The number of thiocarbonyl (C=S) groups is 1. The van der Waals surface area contributed by atoms with E-state index >= 15 is 4.39 Å². The Bertz CT molecular complexity index is 1600. The van der Waals surface area contributed by atoms with E-state index in [1.165, 1.54) is 24.0 Å². The minimum atomic E-state index is -1.31. The summed E-state index contributed by atoms with van der Waals surface area (Å²) in [6.45, 7) is 2.81. The number of nitrogens with zero attached hydrogens (tertiary/aromatic N) is 3. The predicted octanol–water partition coefficient (Wildman–Crippen LogP) is -0.0766. The van der Waals surface area contributed by atoms with Crippen molar-refractivity contribution in [3.8, 4) is 5.75 Å². The smallest absolute Gasteiger partial charge is 1.00 e. The van der Waals surface area contributed by atoms with Crippen LogP contribution in [0, 0.1) is 5.82 Å². The van der Waals surface area contributed by atoms with Crippen molar-refractivity contribution in [1.82, 2.24) is 20.1 Å². The largest absolute Gasteiger partial charge is 1.00 e. The molecule has 6 rings (SSSR count). The Kier molecular flexibility index (Phi) is 9.99. The van der Waals surface area contributed by atoms with E-state index in [0.29, 0.717) is 54.0 Å². The molecule has 2 aliphatic heterocycles. The summed E-state index contributed by atoms with van der Waals surface area (Å²) in [6, 6.07) is 12.1. The molecule has 0 bridgehead atoms. The maximum absolute atomic E-state index is 15.3. The number of fused-ring (bicyclic) bond motifs is 1. The second-order valence-corrected chi connectivity index (χ2v) is 12.4. The summed E-state index contributed by atoms with van der Waals surface area (Å²) in [7, 11) is 0. The van der Waals surface area contributed by atoms with Crippen LogP contribution < -0.4 is 55.3 Å². The van der Waals surface area contributed by atoms with Gasteiger partial charge in [-0.25, -0.2) is 9.18 Å². The molecule has 14 heteroatoms. The van der Waals surface area contributed by atoms with Gasteiger partial charge in [-0.2, -0.15) is 0 Å². The monoisotopic (exact) mass is 635 g/mol. The molecule has 0 radical (unpaired) electrons. The molecule has 2 saturated heterocycles. The number of nitrogens with one attached hydrogen (secondary N) is 2. The van der Waals surface area contributed by atoms with Crippen molar-refractivity contribution in [1.29, 1.82) is 0 Å². The number of hydrogen-bond donors (Lipinski definition) is 3. The third kappa shape index (κ3) is 7.02. The van der Waals surface area contributed by atoms with Crippen LogP contribution >= 0.6 is 24.0 Å². The number of halogens is 1. The van der Waals surface area contributed by atoms with E-state index in [1.54, 1.807) is 22.8 Å². The van der Waals surface area contributed by atoms with E-state index in [-0.39, 0.29) is 71.9 Å². The van der Waals surface area contributed by atoms with Gasteiger partial charge in [-0.1, -0.05) is 42.2 Å². The molecule has 1 aliphatic carbocycles. The van der Waals surface area contributed by atoms with E-state index < -0.39 is 17.2 Å². The molecule has 3 heterocycles. The first-order chi connectivity index (χ1) is 20.3. The molecule has 1 saturated carbocycles. The van der Waals surface area contributed by atoms with Gasteiger partial charge in [0.25, 0.3) is 5.91 Å². The molecule has 1 amide bonds. The molecule has 0 spiro atoms. The van der Waals surface area contributed by atoms with E-state index in [1.807, 2.05) is 23.1 Å². The molecular formula is C29H31FN5NaO5S2. The number of anilines is 1. The van der Waals surface area contributed by atoms with Gasteiger partial charge >= 0.3 is 35.5 Å². The Labute approximate surface area is 280 Å². The summed E-state index contributed by atoms with van der Waals surface area (Å²) < 4.78 is 23.3. The Balaban J connectivity index is 0.00000221. The Morgan fingerprint density at radius 2 is 1.88 bits per heavy atom. The number of piperazine rings is 1. The van der Waals surface area contributed by atoms with Gasteiger partial charge < -0.3 is 36.3 Å². The summed E-state index contributed by atoms with van der Waals surface area (Å²) in [5, 5.41) is 15.8. The number of benzene rings is 2. The van der Waals surface area contributed by atoms with E-state index in [9.17, 15) is 19.5 Å². The summed E-state index contributed by atoms with van der Waals surface area (Å²) in [5.74, 6) is -1.42. The first-order valence-corrected chi connectivity index (χ1v) is 15.1. The van der Waals surface area contributed by atoms with Crippen LogP contribution in [0.1, 0.15) is 30.7 Å². The van der Waals surface area contributed by atoms with Gasteiger partial charge in [0.1, 0.15) is 21.5 Å². The number of carbonyl (C=O) groups excluding carboxylic acids is 1. The van der Waals surface area contributed by atoms with Crippen LogP contribution in [0.25, 0.3) is 10.9 Å². The van der Waals surface area contributed by atoms with Gasteiger partial charge in [0.05, 0.1) is 22.6 Å². The molecule has 2 aromatic carbocycles. The van der Waals surface area contributed by atoms with Crippen LogP contribution in [0.15, 0.2) is 53.5 Å². The summed E-state index contributed by atoms with van der Waals surface area (Å²) in [5.41, 5.74) is -0.0752. The first kappa shape index (κ1) is 31.7. The van der Waals surface area contributed by atoms with Gasteiger partial charge in [-0.05, 0) is 37.1 Å². The maximum Gasteiger partial charge on any atom is 1.00 e. The number of carboxylic acid groups (broad SMARTS) is 1. The standard InChI is InChI=1S/C29H30FN5O5S2.Na.H/c30-21-12-19-23(35(17-6-7-17)15-20(26(19)37)28(38)39)13-24(21)33-8-10-34(11-9-33)29(41)42-27-22(14-31-27)32-25(36)16-40-18-4-2-1-3-5-18;;/h1-5,12-13,15,17,22,27,31H,6-11,14,16H2,(H,32,36)(H,38,39);;/q;+1;-1/t22-,27+;;/m1../s1. The fourth-order valence-electron chi connectivity index (χ4n) is 5.22. The SMILES string of the molecule is O=C(COc1ccccc1)N[C@@H]1CN[C@H]1SC(=S)N1CCN(c2cc3c(cc2F)c(=O)c(C(=O)O)cn3C2CC2)CC1.[H-].[Na+]. The number of ether oxygens (including phenoxy) is 1. The fraction of sp³-hybridized carbons (Fsp3) is 0.379. The average Bonchev–Trinajstić information content (AvgIpc) is 3.83. The summed E-state index contributed by atoms with van der Waals surface area (Å²) in [4.78, 5) is 40.8. The number of aromatic nitrogens is 1.